The molecular weight excluding hydrogens is 1100 g/mol. The smallest absolute Gasteiger partial charge is 0.306 e. The van der Waals surface area contributed by atoms with Crippen LogP contribution in [0, 0.1) is 0 Å². The van der Waals surface area contributed by atoms with Crippen molar-refractivity contribution in [2.75, 3.05) is 47.5 Å². The van der Waals surface area contributed by atoms with Crippen molar-refractivity contribution in [2.45, 2.75) is 257 Å². The van der Waals surface area contributed by atoms with Crippen LogP contribution in [0.3, 0.4) is 0 Å². The highest BCUT2D eigenvalue weighted by Gasteiger charge is 2.22. The molecule has 0 spiro atoms. The van der Waals surface area contributed by atoms with Crippen LogP contribution in [0.4, 0.5) is 0 Å². The molecule has 2 unspecified atom stereocenters. The minimum atomic E-state index is -1.64. The lowest BCUT2D eigenvalue weighted by atomic mass is 10.0. The number of likely N-dealkylation sites (N-methyl/N-ethyl adjacent to an activating group) is 1. The van der Waals surface area contributed by atoms with Gasteiger partial charge >= 0.3 is 11.9 Å². The summed E-state index contributed by atoms with van der Waals surface area (Å²) < 4.78 is 22.7. The van der Waals surface area contributed by atoms with E-state index in [0.29, 0.717) is 17.4 Å². The lowest BCUT2D eigenvalue weighted by Crippen LogP contribution is -2.44. The van der Waals surface area contributed by atoms with E-state index in [0.717, 1.165) is 148 Å². The Bertz CT molecular complexity index is 2120. The molecule has 9 heteroatoms. The van der Waals surface area contributed by atoms with E-state index in [1.807, 2.05) is 21.1 Å². The van der Waals surface area contributed by atoms with E-state index in [2.05, 4.69) is 196 Å². The molecular formula is C80H127NO8. The van der Waals surface area contributed by atoms with E-state index in [1.165, 1.54) is 64.2 Å². The van der Waals surface area contributed by atoms with Gasteiger partial charge in [-0.1, -0.05) is 280 Å². The van der Waals surface area contributed by atoms with Gasteiger partial charge in [-0.25, -0.2) is 0 Å². The number of hydrogen-bond donors (Lipinski definition) is 0. The van der Waals surface area contributed by atoms with Crippen molar-refractivity contribution in [2.24, 2.45) is 0 Å². The van der Waals surface area contributed by atoms with Crippen molar-refractivity contribution in [3.63, 3.8) is 0 Å². The Balaban J connectivity index is 4.23. The van der Waals surface area contributed by atoms with Gasteiger partial charge in [0.15, 0.2) is 12.4 Å². The zero-order chi connectivity index (χ0) is 64.7. The van der Waals surface area contributed by atoms with Crippen LogP contribution in [-0.4, -0.2) is 82.3 Å². The number of aliphatic carboxylic acids is 1. The number of hydrogen-bond acceptors (Lipinski definition) is 8. The first-order valence-electron chi connectivity index (χ1n) is 34.9. The fourth-order valence-electron chi connectivity index (χ4n) is 8.88. The summed E-state index contributed by atoms with van der Waals surface area (Å²) in [4.78, 5) is 37.5. The van der Waals surface area contributed by atoms with Crippen LogP contribution < -0.4 is 5.11 Å². The predicted octanol–water partition coefficient (Wildman–Crippen LogP) is 20.7. The third kappa shape index (κ3) is 69.7. The molecule has 89 heavy (non-hydrogen) atoms. The lowest BCUT2D eigenvalue weighted by molar-refractivity contribution is -0.870. The third-order valence-corrected chi connectivity index (χ3v) is 14.1. The number of carboxylic acid groups (broad SMARTS) is 1. The molecule has 0 bridgehead atoms. The summed E-state index contributed by atoms with van der Waals surface area (Å²) in [6, 6.07) is 0. The van der Waals surface area contributed by atoms with Gasteiger partial charge in [-0.05, 0) is 135 Å². The zero-order valence-electron chi connectivity index (χ0n) is 57.0. The number of unbranched alkanes of at least 4 members (excludes halogenated alkanes) is 17. The average Bonchev–Trinajstić information content (AvgIpc) is 3.71. The number of carboxylic acids is 1. The normalized spacial score (nSPS) is 13.9. The van der Waals surface area contributed by atoms with Gasteiger partial charge in [0, 0.05) is 12.8 Å². The molecule has 0 rings (SSSR count). The number of rotatable bonds is 62. The average molecular weight is 1230 g/mol. The molecule has 9 nitrogen and oxygen atoms in total. The van der Waals surface area contributed by atoms with Crippen LogP contribution in [0.1, 0.15) is 245 Å². The van der Waals surface area contributed by atoms with Gasteiger partial charge in [0.05, 0.1) is 40.3 Å². The Morgan fingerprint density at radius 2 is 0.607 bits per heavy atom. The fraction of sp³-hybridized carbons (Fsp3) is 0.588. The molecule has 0 aliphatic carbocycles. The van der Waals surface area contributed by atoms with Crippen LogP contribution in [0.5, 0.6) is 0 Å². The molecule has 0 N–H and O–H groups in total. The molecule has 0 aliphatic rings. The highest BCUT2D eigenvalue weighted by Crippen LogP contribution is 2.15. The number of nitrogens with zero attached hydrogens (tertiary/aromatic N) is 1. The molecule has 0 aromatic rings. The summed E-state index contributed by atoms with van der Waals surface area (Å²) in [5.41, 5.74) is 0. The molecule has 2 atom stereocenters. The summed E-state index contributed by atoms with van der Waals surface area (Å²) in [5.74, 6) is -2.34. The van der Waals surface area contributed by atoms with Crippen molar-refractivity contribution in [1.29, 1.82) is 0 Å². The molecule has 0 saturated carbocycles. The second-order valence-electron chi connectivity index (χ2n) is 23.7. The quantitative estimate of drug-likeness (QED) is 0.0195. The Labute approximate surface area is 545 Å². The highest BCUT2D eigenvalue weighted by atomic mass is 16.7. The summed E-state index contributed by atoms with van der Waals surface area (Å²) in [7, 11) is 5.91. The first-order valence-corrected chi connectivity index (χ1v) is 34.9. The molecule has 500 valence electrons. The van der Waals surface area contributed by atoms with Crippen molar-refractivity contribution in [3.8, 4) is 0 Å². The van der Waals surface area contributed by atoms with Gasteiger partial charge in [-0.3, -0.25) is 9.59 Å². The standard InChI is InChI=1S/C80H127NO8/c1-6-8-10-12-14-16-18-20-22-24-26-28-30-32-34-36-37-38-39-40-41-43-44-46-48-50-52-54-56-58-60-62-64-66-68-70-77(82)87-74-76(75-88-80(79(84)85)86-73-72-81(3,4)5)89-78(83)71-69-67-65-63-61-59-57-55-53-51-49-47-45-42-35-33-31-29-27-25-23-21-19-17-15-13-11-9-7-2/h8-11,14-17,20-23,26-29,32-35,37-38,40-41,45,47,51,53,57,59,76,80H,6-7,12-13,18-19,24-25,30-31,36,39,42-44,46,48-50,52,54-56,58,60-75H2,1-5H3/b10-8-,11-9-,16-14-,17-15-,22-20-,23-21-,28-26-,29-27-,34-32-,35-33-,38-37-,41-40-,47-45-,53-51-,59-57-. The van der Waals surface area contributed by atoms with Gasteiger partial charge in [-0.2, -0.15) is 0 Å². The van der Waals surface area contributed by atoms with Crippen LogP contribution in [0.25, 0.3) is 0 Å². The van der Waals surface area contributed by atoms with E-state index in [4.69, 9.17) is 18.9 Å². The third-order valence-electron chi connectivity index (χ3n) is 14.1. The molecule has 0 fully saturated rings. The molecule has 0 heterocycles. The van der Waals surface area contributed by atoms with E-state index < -0.39 is 24.3 Å². The molecule has 0 saturated heterocycles. The van der Waals surface area contributed by atoms with Crippen molar-refractivity contribution in [3.05, 3.63) is 182 Å². The second-order valence-corrected chi connectivity index (χ2v) is 23.7. The first-order chi connectivity index (χ1) is 43.6. The number of allylic oxidation sites excluding steroid dienone is 30. The number of ether oxygens (including phenoxy) is 4. The summed E-state index contributed by atoms with van der Waals surface area (Å²) in [6.07, 6.45) is 101. The lowest BCUT2D eigenvalue weighted by Gasteiger charge is -2.26. The first kappa shape index (κ1) is 83.4. The van der Waals surface area contributed by atoms with Crippen molar-refractivity contribution in [1.82, 2.24) is 0 Å². The number of carbonyl (C=O) groups is 3. The predicted molar refractivity (Wildman–Crippen MR) is 379 cm³/mol. The minimum absolute atomic E-state index is 0.132. The van der Waals surface area contributed by atoms with E-state index in [-0.39, 0.29) is 38.6 Å². The van der Waals surface area contributed by atoms with Crippen molar-refractivity contribution < 1.29 is 42.9 Å². The molecule has 0 amide bonds. The van der Waals surface area contributed by atoms with Crippen LogP contribution in [0.2, 0.25) is 0 Å². The fourth-order valence-corrected chi connectivity index (χ4v) is 8.88. The summed E-state index contributed by atoms with van der Waals surface area (Å²) in [5, 5.41) is 11.8. The minimum Gasteiger partial charge on any atom is -0.545 e. The van der Waals surface area contributed by atoms with Crippen LogP contribution in [0.15, 0.2) is 182 Å². The molecule has 0 radical (unpaired) electrons. The number of carbonyl (C=O) groups excluding carboxylic acids is 3. The van der Waals surface area contributed by atoms with E-state index >= 15 is 0 Å². The van der Waals surface area contributed by atoms with Gasteiger partial charge in [-0.15, -0.1) is 0 Å². The number of esters is 2. The zero-order valence-corrected chi connectivity index (χ0v) is 57.0. The maximum Gasteiger partial charge on any atom is 0.306 e. The van der Waals surface area contributed by atoms with Gasteiger partial charge in [0.25, 0.3) is 0 Å². The van der Waals surface area contributed by atoms with Crippen molar-refractivity contribution >= 4 is 17.9 Å². The van der Waals surface area contributed by atoms with Gasteiger partial charge in [0.1, 0.15) is 13.2 Å². The van der Waals surface area contributed by atoms with Gasteiger partial charge < -0.3 is 33.3 Å². The van der Waals surface area contributed by atoms with E-state index in [1.54, 1.807) is 0 Å². The highest BCUT2D eigenvalue weighted by molar-refractivity contribution is 5.70. The van der Waals surface area contributed by atoms with Crippen LogP contribution >= 0.6 is 0 Å². The second kappa shape index (κ2) is 68.3. The maximum atomic E-state index is 12.9. The Hall–Kier alpha value is -5.61. The SMILES string of the molecule is CC/C=C\C/C=C\C/C=C\C/C=C\C/C=C\C/C=C\C/C=C\C/C=C\CCCCCCC(=O)OC(COC(=O)CCCCCCCCCCCCCCC/C=C\C/C=C\C/C=C\C/C=C\C/C=C\C/C=C\C/C=C\CC)COC(OCC[N+](C)(C)C)C(=O)[O-]. The van der Waals surface area contributed by atoms with Gasteiger partial charge in [0.2, 0.25) is 0 Å². The molecule has 0 aromatic carbocycles. The maximum absolute atomic E-state index is 12.9. The summed E-state index contributed by atoms with van der Waals surface area (Å²) in [6.45, 7) is 4.47. The Morgan fingerprint density at radius 1 is 0.337 bits per heavy atom. The topological polar surface area (TPSA) is 111 Å². The van der Waals surface area contributed by atoms with Crippen LogP contribution in [-0.2, 0) is 33.3 Å². The molecule has 0 aliphatic heterocycles. The largest absolute Gasteiger partial charge is 0.545 e. The van der Waals surface area contributed by atoms with E-state index in [9.17, 15) is 19.5 Å². The monoisotopic (exact) mass is 1230 g/mol. The summed E-state index contributed by atoms with van der Waals surface area (Å²) >= 11 is 0. The molecule has 0 aromatic heterocycles. The Morgan fingerprint density at radius 3 is 0.899 bits per heavy atom. The Kier molecular flexibility index (Phi) is 64.0. The number of quaternary nitrogens is 1.